The van der Waals surface area contributed by atoms with E-state index in [1.807, 2.05) is 0 Å². The molecular weight excluding hydrogens is 262 g/mol. The van der Waals surface area contributed by atoms with Crippen molar-refractivity contribution < 1.29 is 19.5 Å². The molecule has 0 spiro atoms. The lowest BCUT2D eigenvalue weighted by molar-refractivity contribution is -0.139. The number of nitrogens with one attached hydrogen (secondary N) is 2. The molecule has 0 aromatic heterocycles. The summed E-state index contributed by atoms with van der Waals surface area (Å²) < 4.78 is 0. The van der Waals surface area contributed by atoms with E-state index in [1.54, 1.807) is 11.8 Å². The fraction of sp³-hybridized carbons (Fsp3) is 0.769. The molecule has 7 nitrogen and oxygen atoms in total. The number of amides is 3. The number of carbonyl (C=O) groups is 3. The second-order valence-electron chi connectivity index (χ2n) is 5.46. The van der Waals surface area contributed by atoms with Crippen molar-refractivity contribution >= 4 is 17.9 Å². The van der Waals surface area contributed by atoms with Crippen LogP contribution in [0.5, 0.6) is 0 Å². The fourth-order valence-corrected chi connectivity index (χ4v) is 2.87. The molecule has 0 aromatic carbocycles. The topological polar surface area (TPSA) is 98.7 Å². The number of rotatable bonds is 3. The number of nitrogens with zero attached hydrogens (tertiary/aromatic N) is 1. The Balaban J connectivity index is 1.89. The molecule has 20 heavy (non-hydrogen) atoms. The van der Waals surface area contributed by atoms with Gasteiger partial charge in [0.2, 0.25) is 5.91 Å². The van der Waals surface area contributed by atoms with Gasteiger partial charge >= 0.3 is 12.0 Å². The minimum absolute atomic E-state index is 0.0843. The lowest BCUT2D eigenvalue weighted by atomic mass is 9.85. The molecule has 0 saturated carbocycles. The first-order valence-electron chi connectivity index (χ1n) is 7.09. The van der Waals surface area contributed by atoms with Gasteiger partial charge in [0, 0.05) is 25.6 Å². The number of carbonyl (C=O) groups excluding carboxylic acids is 2. The lowest BCUT2D eigenvalue weighted by Gasteiger charge is -2.41. The maximum absolute atomic E-state index is 12.1. The maximum atomic E-state index is 12.1. The van der Waals surface area contributed by atoms with E-state index in [1.165, 1.54) is 0 Å². The van der Waals surface area contributed by atoms with Gasteiger partial charge in [0.25, 0.3) is 0 Å². The standard InChI is InChI=1S/C13H21N3O4/c1-2-9(12(18)19)15-13(20)16-6-5-10-8(7-16)3-4-11(17)14-10/h8-10H,2-7H2,1H3,(H,14,17)(H,15,20)(H,18,19)/t8?,9-,10?/m1/s1. The van der Waals surface area contributed by atoms with Crippen LogP contribution < -0.4 is 10.6 Å². The van der Waals surface area contributed by atoms with Crippen LogP contribution in [0.3, 0.4) is 0 Å². The van der Waals surface area contributed by atoms with E-state index in [0.717, 1.165) is 12.8 Å². The van der Waals surface area contributed by atoms with Crippen molar-refractivity contribution in [2.24, 2.45) is 5.92 Å². The van der Waals surface area contributed by atoms with Crippen molar-refractivity contribution in [3.05, 3.63) is 0 Å². The number of fused-ring (bicyclic) bond motifs is 1. The summed E-state index contributed by atoms with van der Waals surface area (Å²) >= 11 is 0. The molecule has 2 heterocycles. The number of aliphatic carboxylic acids is 1. The molecule has 2 aliphatic rings. The first kappa shape index (κ1) is 14.6. The van der Waals surface area contributed by atoms with Crippen LogP contribution in [-0.2, 0) is 9.59 Å². The van der Waals surface area contributed by atoms with E-state index < -0.39 is 12.0 Å². The van der Waals surface area contributed by atoms with Gasteiger partial charge < -0.3 is 20.6 Å². The van der Waals surface area contributed by atoms with Gasteiger partial charge in [-0.15, -0.1) is 0 Å². The van der Waals surface area contributed by atoms with Crippen molar-refractivity contribution in [1.82, 2.24) is 15.5 Å². The number of hydrogen-bond acceptors (Lipinski definition) is 3. The summed E-state index contributed by atoms with van der Waals surface area (Å²) in [4.78, 5) is 36.0. The molecule has 0 radical (unpaired) electrons. The fourth-order valence-electron chi connectivity index (χ4n) is 2.87. The van der Waals surface area contributed by atoms with Gasteiger partial charge in [-0.1, -0.05) is 6.92 Å². The molecule has 2 aliphatic heterocycles. The summed E-state index contributed by atoms with van der Waals surface area (Å²) in [6, 6.07) is -1.01. The Labute approximate surface area is 117 Å². The molecule has 2 rings (SSSR count). The summed E-state index contributed by atoms with van der Waals surface area (Å²) in [6.07, 6.45) is 2.38. The predicted octanol–water partition coefficient (Wildman–Crippen LogP) is 0.160. The number of likely N-dealkylation sites (tertiary alicyclic amines) is 1. The van der Waals surface area contributed by atoms with Crippen LogP contribution in [-0.4, -0.2) is 53.1 Å². The lowest BCUT2D eigenvalue weighted by Crippen LogP contribution is -2.57. The van der Waals surface area contributed by atoms with Crippen molar-refractivity contribution in [2.45, 2.75) is 44.7 Å². The van der Waals surface area contributed by atoms with E-state index in [9.17, 15) is 14.4 Å². The van der Waals surface area contributed by atoms with Gasteiger partial charge in [0.15, 0.2) is 0 Å². The molecule has 2 fully saturated rings. The average Bonchev–Trinajstić information content (AvgIpc) is 2.43. The van der Waals surface area contributed by atoms with E-state index in [-0.39, 0.29) is 23.9 Å². The smallest absolute Gasteiger partial charge is 0.326 e. The first-order chi connectivity index (χ1) is 9.51. The summed E-state index contributed by atoms with van der Waals surface area (Å²) in [5, 5.41) is 14.5. The van der Waals surface area contributed by atoms with Crippen molar-refractivity contribution in [3.8, 4) is 0 Å². The van der Waals surface area contributed by atoms with Crippen LogP contribution in [0.2, 0.25) is 0 Å². The van der Waals surface area contributed by atoms with Crippen LogP contribution in [0.25, 0.3) is 0 Å². The monoisotopic (exact) mass is 283 g/mol. The number of carboxylic acid groups (broad SMARTS) is 1. The molecule has 7 heteroatoms. The molecule has 3 N–H and O–H groups in total. The summed E-state index contributed by atoms with van der Waals surface area (Å²) in [6.45, 7) is 2.85. The number of urea groups is 1. The highest BCUT2D eigenvalue weighted by atomic mass is 16.4. The average molecular weight is 283 g/mol. The number of piperidine rings is 2. The highest BCUT2D eigenvalue weighted by Crippen LogP contribution is 2.25. The SMILES string of the molecule is CC[C@@H](NC(=O)N1CCC2NC(=O)CCC2C1)C(=O)O. The van der Waals surface area contributed by atoms with Crippen LogP contribution in [0.15, 0.2) is 0 Å². The normalized spacial score (nSPS) is 27.2. The van der Waals surface area contributed by atoms with Gasteiger partial charge in [-0.2, -0.15) is 0 Å². The first-order valence-corrected chi connectivity index (χ1v) is 7.09. The zero-order chi connectivity index (χ0) is 14.7. The third kappa shape index (κ3) is 3.20. The predicted molar refractivity (Wildman–Crippen MR) is 71.1 cm³/mol. The largest absolute Gasteiger partial charge is 0.480 e. The Morgan fingerprint density at radius 2 is 2.25 bits per heavy atom. The van der Waals surface area contributed by atoms with Gasteiger partial charge in [-0.05, 0) is 25.2 Å². The highest BCUT2D eigenvalue weighted by molar-refractivity contribution is 5.82. The highest BCUT2D eigenvalue weighted by Gasteiger charge is 2.35. The Morgan fingerprint density at radius 3 is 2.90 bits per heavy atom. The van der Waals surface area contributed by atoms with Gasteiger partial charge in [0.1, 0.15) is 6.04 Å². The van der Waals surface area contributed by atoms with E-state index in [2.05, 4.69) is 10.6 Å². The van der Waals surface area contributed by atoms with Crippen LogP contribution in [0.4, 0.5) is 4.79 Å². The summed E-state index contributed by atoms with van der Waals surface area (Å²) in [5.41, 5.74) is 0. The van der Waals surface area contributed by atoms with Gasteiger partial charge in [0.05, 0.1) is 0 Å². The number of carboxylic acids is 1. The number of hydrogen-bond donors (Lipinski definition) is 3. The molecule has 0 bridgehead atoms. The summed E-state index contributed by atoms with van der Waals surface area (Å²) in [7, 11) is 0. The van der Waals surface area contributed by atoms with Crippen LogP contribution in [0, 0.1) is 5.92 Å². The Kier molecular flexibility index (Phi) is 4.46. The molecule has 2 saturated heterocycles. The zero-order valence-corrected chi connectivity index (χ0v) is 11.6. The third-order valence-electron chi connectivity index (χ3n) is 4.11. The van der Waals surface area contributed by atoms with Crippen LogP contribution in [0.1, 0.15) is 32.6 Å². The van der Waals surface area contributed by atoms with Crippen molar-refractivity contribution in [1.29, 1.82) is 0 Å². The van der Waals surface area contributed by atoms with Crippen LogP contribution >= 0.6 is 0 Å². The Morgan fingerprint density at radius 1 is 1.50 bits per heavy atom. The zero-order valence-electron chi connectivity index (χ0n) is 11.6. The molecule has 3 atom stereocenters. The molecule has 3 amide bonds. The second-order valence-corrected chi connectivity index (χ2v) is 5.46. The molecule has 2 unspecified atom stereocenters. The maximum Gasteiger partial charge on any atom is 0.326 e. The molecular formula is C13H21N3O4. The van der Waals surface area contributed by atoms with E-state index >= 15 is 0 Å². The van der Waals surface area contributed by atoms with E-state index in [4.69, 9.17) is 5.11 Å². The van der Waals surface area contributed by atoms with Gasteiger partial charge in [-0.25, -0.2) is 9.59 Å². The van der Waals surface area contributed by atoms with Crippen molar-refractivity contribution in [2.75, 3.05) is 13.1 Å². The minimum atomic E-state index is -1.01. The minimum Gasteiger partial charge on any atom is -0.480 e. The Hall–Kier alpha value is -1.79. The second kappa shape index (κ2) is 6.11. The molecule has 0 aliphatic carbocycles. The summed E-state index contributed by atoms with van der Waals surface area (Å²) in [5.74, 6) is -0.654. The Bertz CT molecular complexity index is 412. The molecule has 0 aromatic rings. The van der Waals surface area contributed by atoms with Gasteiger partial charge in [-0.3, -0.25) is 4.79 Å². The molecule has 112 valence electrons. The van der Waals surface area contributed by atoms with E-state index in [0.29, 0.717) is 25.9 Å². The quantitative estimate of drug-likeness (QED) is 0.687. The van der Waals surface area contributed by atoms with Crippen molar-refractivity contribution in [3.63, 3.8) is 0 Å². The third-order valence-corrected chi connectivity index (χ3v) is 4.11.